The fraction of sp³-hybridized carbons (Fsp3) is 0.765. The van der Waals surface area contributed by atoms with E-state index in [-0.39, 0.29) is 17.9 Å². The largest absolute Gasteiger partial charge is 0.395 e. The van der Waals surface area contributed by atoms with Crippen LogP contribution in [-0.2, 0) is 10.2 Å². The molecule has 0 radical (unpaired) electrons. The Morgan fingerprint density at radius 2 is 1.88 bits per heavy atom. The van der Waals surface area contributed by atoms with Gasteiger partial charge in [0.25, 0.3) is 0 Å². The Labute approximate surface area is 148 Å². The SMILES string of the molecule is CC1(c2nccs2)CCN(C(=O)CN2CCN(CCO)CC2)CC1. The maximum Gasteiger partial charge on any atom is 0.236 e. The second-order valence-electron chi connectivity index (χ2n) is 7.12. The van der Waals surface area contributed by atoms with Gasteiger partial charge in [0.1, 0.15) is 0 Å². The lowest BCUT2D eigenvalue weighted by Gasteiger charge is -2.40. The van der Waals surface area contributed by atoms with Crippen LogP contribution in [0, 0.1) is 0 Å². The molecule has 3 heterocycles. The van der Waals surface area contributed by atoms with Crippen molar-refractivity contribution in [3.8, 4) is 0 Å². The molecule has 0 saturated carbocycles. The second kappa shape index (κ2) is 7.91. The molecule has 1 aromatic rings. The zero-order chi connectivity index (χ0) is 17.0. The topological polar surface area (TPSA) is 59.9 Å². The molecule has 0 spiro atoms. The summed E-state index contributed by atoms with van der Waals surface area (Å²) in [6, 6.07) is 0. The van der Waals surface area contributed by atoms with Crippen LogP contribution in [0.4, 0.5) is 0 Å². The molecule has 2 saturated heterocycles. The van der Waals surface area contributed by atoms with E-state index in [1.807, 2.05) is 16.5 Å². The van der Waals surface area contributed by atoms with Crippen molar-refractivity contribution in [2.45, 2.75) is 25.2 Å². The highest BCUT2D eigenvalue weighted by Gasteiger charge is 2.35. The van der Waals surface area contributed by atoms with Gasteiger partial charge >= 0.3 is 0 Å². The van der Waals surface area contributed by atoms with Gasteiger partial charge in [-0.15, -0.1) is 11.3 Å². The summed E-state index contributed by atoms with van der Waals surface area (Å²) in [5.41, 5.74) is 0.126. The number of β-amino-alcohol motifs (C(OH)–C–C–N with tert-alkyl or cyclic N) is 1. The first-order chi connectivity index (χ1) is 11.6. The van der Waals surface area contributed by atoms with Gasteiger partial charge in [-0.2, -0.15) is 0 Å². The van der Waals surface area contributed by atoms with Crippen molar-refractivity contribution >= 4 is 17.2 Å². The summed E-state index contributed by atoms with van der Waals surface area (Å²) in [4.78, 5) is 23.6. The van der Waals surface area contributed by atoms with Gasteiger partial charge in [-0.25, -0.2) is 4.98 Å². The van der Waals surface area contributed by atoms with Gasteiger partial charge in [0, 0.05) is 62.8 Å². The fourth-order valence-electron chi connectivity index (χ4n) is 3.59. The number of amides is 1. The molecule has 1 amide bonds. The Morgan fingerprint density at radius 1 is 1.21 bits per heavy atom. The Bertz CT molecular complexity index is 521. The van der Waals surface area contributed by atoms with Crippen molar-refractivity contribution < 1.29 is 9.90 Å². The number of piperidine rings is 1. The Kier molecular flexibility index (Phi) is 5.86. The molecule has 0 aliphatic carbocycles. The molecule has 7 heteroatoms. The number of aromatic nitrogens is 1. The lowest BCUT2D eigenvalue weighted by Crippen LogP contribution is -2.52. The highest BCUT2D eigenvalue weighted by atomic mass is 32.1. The molecule has 2 fully saturated rings. The number of carbonyl (C=O) groups is 1. The van der Waals surface area contributed by atoms with Crippen molar-refractivity contribution in [3.05, 3.63) is 16.6 Å². The minimum atomic E-state index is 0.126. The van der Waals surface area contributed by atoms with E-state index in [1.165, 1.54) is 5.01 Å². The molecule has 1 N–H and O–H groups in total. The van der Waals surface area contributed by atoms with Crippen molar-refractivity contribution in [2.75, 3.05) is 59.0 Å². The molecule has 1 aromatic heterocycles. The molecule has 24 heavy (non-hydrogen) atoms. The van der Waals surface area contributed by atoms with Crippen LogP contribution in [0.3, 0.4) is 0 Å². The number of piperazine rings is 1. The summed E-state index contributed by atoms with van der Waals surface area (Å²) in [6.45, 7) is 9.13. The maximum atomic E-state index is 12.6. The van der Waals surface area contributed by atoms with E-state index >= 15 is 0 Å². The standard InChI is InChI=1S/C17H28N4O2S/c1-17(16-18-4-13-24-16)2-5-21(6-3-17)15(23)14-20-9-7-19(8-10-20)11-12-22/h4,13,22H,2-3,5-12,14H2,1H3. The summed E-state index contributed by atoms with van der Waals surface area (Å²) in [7, 11) is 0. The predicted molar refractivity (Wildman–Crippen MR) is 95.2 cm³/mol. The average molecular weight is 353 g/mol. The molecule has 6 nitrogen and oxygen atoms in total. The smallest absolute Gasteiger partial charge is 0.236 e. The van der Waals surface area contributed by atoms with Gasteiger partial charge < -0.3 is 10.0 Å². The first-order valence-electron chi connectivity index (χ1n) is 8.84. The Hall–Kier alpha value is -1.02. The molecule has 3 rings (SSSR count). The quantitative estimate of drug-likeness (QED) is 0.842. The number of hydrogen-bond donors (Lipinski definition) is 1. The molecule has 2 aliphatic rings. The van der Waals surface area contributed by atoms with Gasteiger partial charge in [-0.05, 0) is 12.8 Å². The van der Waals surface area contributed by atoms with E-state index in [0.717, 1.165) is 58.7 Å². The van der Waals surface area contributed by atoms with Gasteiger partial charge in [-0.1, -0.05) is 6.92 Å². The van der Waals surface area contributed by atoms with E-state index < -0.39 is 0 Å². The lowest BCUT2D eigenvalue weighted by atomic mass is 9.81. The summed E-state index contributed by atoms with van der Waals surface area (Å²) in [5.74, 6) is 0.256. The minimum Gasteiger partial charge on any atom is -0.395 e. The molecule has 0 atom stereocenters. The van der Waals surface area contributed by atoms with Crippen molar-refractivity contribution in [3.63, 3.8) is 0 Å². The maximum absolute atomic E-state index is 12.6. The zero-order valence-electron chi connectivity index (χ0n) is 14.5. The Balaban J connectivity index is 1.44. The molecule has 2 aliphatic heterocycles. The van der Waals surface area contributed by atoms with Crippen molar-refractivity contribution in [2.24, 2.45) is 0 Å². The highest BCUT2D eigenvalue weighted by molar-refractivity contribution is 7.09. The third-order valence-corrected chi connectivity index (χ3v) is 6.49. The predicted octanol–water partition coefficient (Wildman–Crippen LogP) is 0.633. The average Bonchev–Trinajstić information content (AvgIpc) is 3.13. The first-order valence-corrected chi connectivity index (χ1v) is 9.72. The third-order valence-electron chi connectivity index (χ3n) is 5.41. The van der Waals surface area contributed by atoms with E-state index in [1.54, 1.807) is 11.3 Å². The van der Waals surface area contributed by atoms with Crippen LogP contribution in [0.5, 0.6) is 0 Å². The van der Waals surface area contributed by atoms with Crippen molar-refractivity contribution in [1.29, 1.82) is 0 Å². The molecule has 0 bridgehead atoms. The van der Waals surface area contributed by atoms with Crippen LogP contribution < -0.4 is 0 Å². The van der Waals surface area contributed by atoms with Crippen LogP contribution in [0.2, 0.25) is 0 Å². The lowest BCUT2D eigenvalue weighted by molar-refractivity contribution is -0.134. The fourth-order valence-corrected chi connectivity index (χ4v) is 4.45. The van der Waals surface area contributed by atoms with Crippen LogP contribution in [0.1, 0.15) is 24.8 Å². The molecular formula is C17H28N4O2S. The molecule has 0 aromatic carbocycles. The summed E-state index contributed by atoms with van der Waals surface area (Å²) in [6.07, 6.45) is 3.87. The van der Waals surface area contributed by atoms with Crippen LogP contribution in [-0.4, -0.2) is 89.7 Å². The highest BCUT2D eigenvalue weighted by Crippen LogP contribution is 2.36. The summed E-state index contributed by atoms with van der Waals surface area (Å²) in [5, 5.41) is 12.2. The number of aliphatic hydroxyl groups excluding tert-OH is 1. The minimum absolute atomic E-state index is 0.126. The Morgan fingerprint density at radius 3 is 2.46 bits per heavy atom. The zero-order valence-corrected chi connectivity index (χ0v) is 15.3. The van der Waals surface area contributed by atoms with Gasteiger partial charge in [-0.3, -0.25) is 14.6 Å². The van der Waals surface area contributed by atoms with Crippen molar-refractivity contribution in [1.82, 2.24) is 19.7 Å². The summed E-state index contributed by atoms with van der Waals surface area (Å²) >= 11 is 1.73. The number of likely N-dealkylation sites (tertiary alicyclic amines) is 1. The van der Waals surface area contributed by atoms with E-state index in [0.29, 0.717) is 6.54 Å². The van der Waals surface area contributed by atoms with E-state index in [4.69, 9.17) is 5.11 Å². The number of nitrogens with zero attached hydrogens (tertiary/aromatic N) is 4. The first kappa shape index (κ1) is 17.8. The van der Waals surface area contributed by atoms with Crippen LogP contribution >= 0.6 is 11.3 Å². The monoisotopic (exact) mass is 352 g/mol. The number of aliphatic hydroxyl groups is 1. The van der Waals surface area contributed by atoms with E-state index in [2.05, 4.69) is 21.7 Å². The van der Waals surface area contributed by atoms with Gasteiger partial charge in [0.05, 0.1) is 18.2 Å². The third kappa shape index (κ3) is 4.14. The normalized spacial score (nSPS) is 22.7. The number of hydrogen-bond acceptors (Lipinski definition) is 6. The molecular weight excluding hydrogens is 324 g/mol. The van der Waals surface area contributed by atoms with Crippen LogP contribution in [0.25, 0.3) is 0 Å². The van der Waals surface area contributed by atoms with Gasteiger partial charge in [0.2, 0.25) is 5.91 Å². The van der Waals surface area contributed by atoms with Crippen LogP contribution in [0.15, 0.2) is 11.6 Å². The molecule has 134 valence electrons. The number of carbonyl (C=O) groups excluding carboxylic acids is 1. The summed E-state index contributed by atoms with van der Waals surface area (Å²) < 4.78 is 0. The second-order valence-corrected chi connectivity index (χ2v) is 8.01. The van der Waals surface area contributed by atoms with E-state index in [9.17, 15) is 4.79 Å². The number of thiazole rings is 1. The van der Waals surface area contributed by atoms with Gasteiger partial charge in [0.15, 0.2) is 0 Å². The number of rotatable bonds is 5. The molecule has 0 unspecified atom stereocenters.